The highest BCUT2D eigenvalue weighted by molar-refractivity contribution is 6.00. The fraction of sp³-hybridized carbons (Fsp3) is 0.529. The first kappa shape index (κ1) is 15.5. The highest BCUT2D eigenvalue weighted by Crippen LogP contribution is 2.25. The van der Waals surface area contributed by atoms with Gasteiger partial charge in [0.2, 0.25) is 11.8 Å². The third-order valence-corrected chi connectivity index (χ3v) is 3.92. The van der Waals surface area contributed by atoms with Crippen LogP contribution in [0.4, 0.5) is 5.69 Å². The number of amides is 2. The van der Waals surface area contributed by atoms with Crippen LogP contribution in [0.5, 0.6) is 0 Å². The summed E-state index contributed by atoms with van der Waals surface area (Å²) in [4.78, 5) is 26.1. The number of anilines is 1. The predicted molar refractivity (Wildman–Crippen MR) is 84.2 cm³/mol. The summed E-state index contributed by atoms with van der Waals surface area (Å²) in [5.41, 5.74) is 2.00. The van der Waals surface area contributed by atoms with Crippen molar-refractivity contribution in [1.29, 1.82) is 0 Å². The molecule has 1 heterocycles. The number of carbonyl (C=O) groups excluding carboxylic acids is 2. The minimum atomic E-state index is -0.239. The van der Waals surface area contributed by atoms with Crippen molar-refractivity contribution in [3.8, 4) is 0 Å². The average molecular weight is 288 g/mol. The maximum atomic E-state index is 12.2. The molecule has 4 nitrogen and oxygen atoms in total. The van der Waals surface area contributed by atoms with Crippen LogP contribution in [0.3, 0.4) is 0 Å². The second kappa shape index (κ2) is 6.74. The van der Waals surface area contributed by atoms with Crippen LogP contribution in [0.2, 0.25) is 0 Å². The quantitative estimate of drug-likeness (QED) is 0.905. The van der Waals surface area contributed by atoms with Gasteiger partial charge in [0.1, 0.15) is 0 Å². The standard InChI is InChI=1S/C17H24N2O2/c1-4-6-13(3)18-17(21)14-10-16(20)19(11-14)15-8-5-7-12(2)9-15/h5,7-9,13-14H,4,6,10-11H2,1-3H3,(H,18,21). The zero-order chi connectivity index (χ0) is 15.4. The van der Waals surface area contributed by atoms with Gasteiger partial charge in [0.25, 0.3) is 0 Å². The molecule has 0 aliphatic carbocycles. The molecule has 21 heavy (non-hydrogen) atoms. The van der Waals surface area contributed by atoms with Gasteiger partial charge in [-0.25, -0.2) is 0 Å². The van der Waals surface area contributed by atoms with Crippen LogP contribution < -0.4 is 10.2 Å². The molecule has 0 bridgehead atoms. The number of carbonyl (C=O) groups is 2. The summed E-state index contributed by atoms with van der Waals surface area (Å²) in [6, 6.07) is 8.02. The fourth-order valence-electron chi connectivity index (χ4n) is 2.79. The summed E-state index contributed by atoms with van der Waals surface area (Å²) in [6.07, 6.45) is 2.31. The molecule has 1 fully saturated rings. The molecule has 1 N–H and O–H groups in total. The van der Waals surface area contributed by atoms with Crippen molar-refractivity contribution in [2.24, 2.45) is 5.92 Å². The minimum Gasteiger partial charge on any atom is -0.353 e. The highest BCUT2D eigenvalue weighted by Gasteiger charge is 2.35. The first-order chi connectivity index (χ1) is 10.0. The van der Waals surface area contributed by atoms with E-state index in [1.807, 2.05) is 38.1 Å². The maximum absolute atomic E-state index is 12.2. The predicted octanol–water partition coefficient (Wildman–Crippen LogP) is 2.65. The lowest BCUT2D eigenvalue weighted by molar-refractivity contribution is -0.126. The van der Waals surface area contributed by atoms with Crippen LogP contribution in [-0.2, 0) is 9.59 Å². The third kappa shape index (κ3) is 3.84. The zero-order valence-electron chi connectivity index (χ0n) is 13.1. The SMILES string of the molecule is CCCC(C)NC(=O)C1CC(=O)N(c2cccc(C)c2)C1. The van der Waals surface area contributed by atoms with Crippen molar-refractivity contribution in [1.82, 2.24) is 5.32 Å². The van der Waals surface area contributed by atoms with Crippen LogP contribution in [0.1, 0.15) is 38.7 Å². The molecule has 0 aromatic heterocycles. The molecule has 0 spiro atoms. The van der Waals surface area contributed by atoms with Gasteiger partial charge in [0.15, 0.2) is 0 Å². The van der Waals surface area contributed by atoms with Crippen molar-refractivity contribution in [2.45, 2.75) is 46.1 Å². The van der Waals surface area contributed by atoms with Gasteiger partial charge in [0, 0.05) is 24.7 Å². The summed E-state index contributed by atoms with van der Waals surface area (Å²) in [6.45, 7) is 6.59. The Morgan fingerprint density at radius 2 is 2.24 bits per heavy atom. The summed E-state index contributed by atoms with van der Waals surface area (Å²) in [5, 5.41) is 3.01. The van der Waals surface area contributed by atoms with Crippen molar-refractivity contribution >= 4 is 17.5 Å². The molecule has 2 amide bonds. The smallest absolute Gasteiger partial charge is 0.227 e. The topological polar surface area (TPSA) is 49.4 Å². The molecule has 0 saturated carbocycles. The Labute approximate surface area is 126 Å². The molecule has 2 unspecified atom stereocenters. The van der Waals surface area contributed by atoms with Gasteiger partial charge in [-0.15, -0.1) is 0 Å². The van der Waals surface area contributed by atoms with Gasteiger partial charge in [-0.3, -0.25) is 9.59 Å². The molecular weight excluding hydrogens is 264 g/mol. The van der Waals surface area contributed by atoms with E-state index in [9.17, 15) is 9.59 Å². The van der Waals surface area contributed by atoms with E-state index in [1.54, 1.807) is 4.90 Å². The molecule has 114 valence electrons. The van der Waals surface area contributed by atoms with Crippen LogP contribution in [0.25, 0.3) is 0 Å². The Balaban J connectivity index is 2.01. The van der Waals surface area contributed by atoms with Gasteiger partial charge in [-0.1, -0.05) is 25.5 Å². The summed E-state index contributed by atoms with van der Waals surface area (Å²) in [5.74, 6) is -0.208. The van der Waals surface area contributed by atoms with Gasteiger partial charge < -0.3 is 10.2 Å². The van der Waals surface area contributed by atoms with Gasteiger partial charge in [-0.2, -0.15) is 0 Å². The Morgan fingerprint density at radius 3 is 2.90 bits per heavy atom. The van der Waals surface area contributed by atoms with E-state index in [-0.39, 0.29) is 23.8 Å². The number of benzene rings is 1. The summed E-state index contributed by atoms with van der Waals surface area (Å²) < 4.78 is 0. The van der Waals surface area contributed by atoms with E-state index in [0.717, 1.165) is 24.1 Å². The van der Waals surface area contributed by atoms with E-state index in [1.165, 1.54) is 0 Å². The monoisotopic (exact) mass is 288 g/mol. The largest absolute Gasteiger partial charge is 0.353 e. The molecular formula is C17H24N2O2. The normalized spacial score (nSPS) is 19.7. The molecule has 1 saturated heterocycles. The van der Waals surface area contributed by atoms with Crippen molar-refractivity contribution in [3.05, 3.63) is 29.8 Å². The molecule has 1 aliphatic heterocycles. The van der Waals surface area contributed by atoms with Gasteiger partial charge in [0.05, 0.1) is 5.92 Å². The number of nitrogens with zero attached hydrogens (tertiary/aromatic N) is 1. The Bertz CT molecular complexity index is 527. The Morgan fingerprint density at radius 1 is 1.48 bits per heavy atom. The van der Waals surface area contributed by atoms with E-state index in [4.69, 9.17) is 0 Å². The molecule has 2 atom stereocenters. The van der Waals surface area contributed by atoms with Crippen LogP contribution in [0.15, 0.2) is 24.3 Å². The van der Waals surface area contributed by atoms with Crippen LogP contribution >= 0.6 is 0 Å². The number of hydrogen-bond acceptors (Lipinski definition) is 2. The van der Waals surface area contributed by atoms with Crippen LogP contribution in [0, 0.1) is 12.8 Å². The zero-order valence-corrected chi connectivity index (χ0v) is 13.1. The number of nitrogens with one attached hydrogen (secondary N) is 1. The second-order valence-electron chi connectivity index (χ2n) is 5.94. The van der Waals surface area contributed by atoms with Crippen molar-refractivity contribution < 1.29 is 9.59 Å². The summed E-state index contributed by atoms with van der Waals surface area (Å²) >= 11 is 0. The maximum Gasteiger partial charge on any atom is 0.227 e. The first-order valence-electron chi connectivity index (χ1n) is 7.68. The number of hydrogen-bond donors (Lipinski definition) is 1. The molecule has 4 heteroatoms. The fourth-order valence-corrected chi connectivity index (χ4v) is 2.79. The van der Waals surface area contributed by atoms with E-state index >= 15 is 0 Å². The average Bonchev–Trinajstić information content (AvgIpc) is 2.81. The van der Waals surface area contributed by atoms with Gasteiger partial charge >= 0.3 is 0 Å². The van der Waals surface area contributed by atoms with E-state index < -0.39 is 0 Å². The highest BCUT2D eigenvalue weighted by atomic mass is 16.2. The number of aryl methyl sites for hydroxylation is 1. The van der Waals surface area contributed by atoms with Crippen molar-refractivity contribution in [2.75, 3.05) is 11.4 Å². The van der Waals surface area contributed by atoms with E-state index in [2.05, 4.69) is 12.2 Å². The molecule has 1 aromatic carbocycles. The third-order valence-electron chi connectivity index (χ3n) is 3.92. The first-order valence-corrected chi connectivity index (χ1v) is 7.68. The Hall–Kier alpha value is -1.84. The minimum absolute atomic E-state index is 0.000506. The lowest BCUT2D eigenvalue weighted by Gasteiger charge is -2.18. The van der Waals surface area contributed by atoms with E-state index in [0.29, 0.717) is 13.0 Å². The molecule has 0 radical (unpaired) electrons. The summed E-state index contributed by atoms with van der Waals surface area (Å²) in [7, 11) is 0. The molecule has 1 aromatic rings. The Kier molecular flexibility index (Phi) is 4.99. The van der Waals surface area contributed by atoms with Gasteiger partial charge in [-0.05, 0) is 38.0 Å². The van der Waals surface area contributed by atoms with Crippen LogP contribution in [-0.4, -0.2) is 24.4 Å². The molecule has 1 aliphatic rings. The lowest BCUT2D eigenvalue weighted by atomic mass is 10.1. The van der Waals surface area contributed by atoms with Crippen molar-refractivity contribution in [3.63, 3.8) is 0 Å². The number of rotatable bonds is 5. The lowest BCUT2D eigenvalue weighted by Crippen LogP contribution is -2.38. The second-order valence-corrected chi connectivity index (χ2v) is 5.94. The molecule has 2 rings (SSSR count).